The molecule has 1 saturated heterocycles. The van der Waals surface area contributed by atoms with Crippen molar-refractivity contribution in [3.63, 3.8) is 0 Å². The molecule has 0 aromatic carbocycles. The van der Waals surface area contributed by atoms with Crippen molar-refractivity contribution in [3.05, 3.63) is 0 Å². The van der Waals surface area contributed by atoms with Crippen LogP contribution in [-0.2, 0) is 4.74 Å². The molecule has 0 amide bonds. The topological polar surface area (TPSA) is 29.5 Å². The maximum Gasteiger partial charge on any atom is 0.449 e. The third kappa shape index (κ3) is 1.72. The Bertz CT molecular complexity index is 479. The predicted octanol–water partition coefficient (Wildman–Crippen LogP) is 3.73. The molecule has 2 nitrogen and oxygen atoms in total. The highest BCUT2D eigenvalue weighted by Gasteiger charge is 2.77. The number of fused-ring (bicyclic) bond motifs is 8. The summed E-state index contributed by atoms with van der Waals surface area (Å²) in [7, 11) is 0. The lowest BCUT2D eigenvalue weighted by Crippen LogP contribution is -2.67. The van der Waals surface area contributed by atoms with Gasteiger partial charge in [0.05, 0.1) is 6.10 Å². The number of hydrogen-bond donors (Lipinski definition) is 1. The summed E-state index contributed by atoms with van der Waals surface area (Å²) >= 11 is 0. The first-order valence-corrected chi connectivity index (χ1v) is 8.00. The van der Waals surface area contributed by atoms with Crippen LogP contribution < -0.4 is 0 Å². The molecule has 1 N–H and O–H groups in total. The van der Waals surface area contributed by atoms with E-state index in [4.69, 9.17) is 4.74 Å². The number of ether oxygens (including phenoxy) is 1. The molecular formula is C15H19F5O2. The molecular weight excluding hydrogens is 307 g/mol. The Morgan fingerprint density at radius 2 is 1.50 bits per heavy atom. The van der Waals surface area contributed by atoms with Crippen LogP contribution in [0.15, 0.2) is 0 Å². The standard InChI is InChI=1S/C15H19F5O2/c16-13(17)6-11-9-5-10(8-4-2-1-3-7(8)9)12(11)22-14(13,21)15(18,19)20/h7-12,21H,1-6H2. The molecule has 1 heterocycles. The molecule has 22 heavy (non-hydrogen) atoms. The van der Waals surface area contributed by atoms with Crippen LogP contribution in [-0.4, -0.2) is 29.1 Å². The second-order valence-electron chi connectivity index (χ2n) is 7.47. The fraction of sp³-hybridized carbons (Fsp3) is 1.00. The fourth-order valence-corrected chi connectivity index (χ4v) is 5.78. The van der Waals surface area contributed by atoms with Gasteiger partial charge in [0, 0.05) is 6.42 Å². The summed E-state index contributed by atoms with van der Waals surface area (Å²) in [6, 6.07) is 0. The molecule has 4 fully saturated rings. The fourth-order valence-electron chi connectivity index (χ4n) is 5.78. The summed E-state index contributed by atoms with van der Waals surface area (Å²) in [5.74, 6) is -8.62. The van der Waals surface area contributed by atoms with Gasteiger partial charge in [-0.2, -0.15) is 13.2 Å². The van der Waals surface area contributed by atoms with Crippen molar-refractivity contribution in [1.82, 2.24) is 0 Å². The van der Waals surface area contributed by atoms with Crippen LogP contribution in [0, 0.1) is 29.6 Å². The van der Waals surface area contributed by atoms with Gasteiger partial charge in [-0.15, -0.1) is 0 Å². The largest absolute Gasteiger partial charge is 0.449 e. The smallest absolute Gasteiger partial charge is 0.354 e. The van der Waals surface area contributed by atoms with Gasteiger partial charge in [-0.05, 0) is 48.9 Å². The molecule has 7 atom stereocenters. The molecule has 4 rings (SSSR count). The Balaban J connectivity index is 1.66. The molecule has 126 valence electrons. The summed E-state index contributed by atoms with van der Waals surface area (Å²) in [5.41, 5.74) is 0. The maximum atomic E-state index is 14.0. The van der Waals surface area contributed by atoms with Gasteiger partial charge in [0.1, 0.15) is 0 Å². The van der Waals surface area contributed by atoms with Crippen LogP contribution in [0.25, 0.3) is 0 Å². The zero-order valence-corrected chi connectivity index (χ0v) is 12.0. The highest BCUT2D eigenvalue weighted by Crippen LogP contribution is 2.66. The second-order valence-corrected chi connectivity index (χ2v) is 7.47. The normalized spacial score (nSPS) is 53.2. The first-order valence-electron chi connectivity index (χ1n) is 8.00. The average Bonchev–Trinajstić information content (AvgIpc) is 2.94. The Labute approximate surface area is 125 Å². The van der Waals surface area contributed by atoms with Crippen molar-refractivity contribution in [2.24, 2.45) is 29.6 Å². The van der Waals surface area contributed by atoms with Crippen LogP contribution in [0.5, 0.6) is 0 Å². The number of aliphatic hydroxyl groups is 1. The van der Waals surface area contributed by atoms with E-state index in [-0.39, 0.29) is 17.8 Å². The van der Waals surface area contributed by atoms with E-state index in [0.29, 0.717) is 12.3 Å². The summed E-state index contributed by atoms with van der Waals surface area (Å²) in [4.78, 5) is 0. The van der Waals surface area contributed by atoms with E-state index in [1.54, 1.807) is 0 Å². The summed E-state index contributed by atoms with van der Waals surface area (Å²) in [5, 5.41) is 9.61. The average molecular weight is 326 g/mol. The molecule has 1 aliphatic heterocycles. The van der Waals surface area contributed by atoms with Gasteiger partial charge < -0.3 is 9.84 Å². The van der Waals surface area contributed by atoms with Crippen LogP contribution in [0.4, 0.5) is 22.0 Å². The molecule has 7 heteroatoms. The van der Waals surface area contributed by atoms with Crippen molar-refractivity contribution in [2.75, 3.05) is 0 Å². The van der Waals surface area contributed by atoms with Gasteiger partial charge in [-0.3, -0.25) is 0 Å². The Morgan fingerprint density at radius 1 is 0.909 bits per heavy atom. The lowest BCUT2D eigenvalue weighted by atomic mass is 9.64. The van der Waals surface area contributed by atoms with Gasteiger partial charge in [-0.25, -0.2) is 8.78 Å². The molecule has 0 aromatic heterocycles. The van der Waals surface area contributed by atoms with Gasteiger partial charge in [0.25, 0.3) is 0 Å². The molecule has 4 aliphatic rings. The van der Waals surface area contributed by atoms with Crippen molar-refractivity contribution < 1.29 is 31.8 Å². The van der Waals surface area contributed by atoms with Gasteiger partial charge >= 0.3 is 17.9 Å². The monoisotopic (exact) mass is 326 g/mol. The van der Waals surface area contributed by atoms with E-state index >= 15 is 0 Å². The molecule has 2 bridgehead atoms. The summed E-state index contributed by atoms with van der Waals surface area (Å²) in [6.45, 7) is 0. The highest BCUT2D eigenvalue weighted by molar-refractivity contribution is 5.12. The number of hydrogen-bond acceptors (Lipinski definition) is 2. The summed E-state index contributed by atoms with van der Waals surface area (Å²) < 4.78 is 71.8. The van der Waals surface area contributed by atoms with Gasteiger partial charge in [0.2, 0.25) is 0 Å². The second kappa shape index (κ2) is 4.35. The maximum absolute atomic E-state index is 14.0. The van der Waals surface area contributed by atoms with Crippen molar-refractivity contribution in [3.8, 4) is 0 Å². The number of rotatable bonds is 0. The SMILES string of the molecule is OC1(C(F)(F)F)OC2C3CC(C4CCCCC43)C2CC1(F)F. The number of halogens is 5. The minimum atomic E-state index is -5.49. The molecule has 0 aromatic rings. The minimum absolute atomic E-state index is 0.0314. The van der Waals surface area contributed by atoms with E-state index in [0.717, 1.165) is 25.7 Å². The van der Waals surface area contributed by atoms with Crippen LogP contribution in [0.1, 0.15) is 38.5 Å². The first kappa shape index (κ1) is 15.1. The Morgan fingerprint density at radius 3 is 2.09 bits per heavy atom. The quantitative estimate of drug-likeness (QED) is 0.687. The summed E-state index contributed by atoms with van der Waals surface area (Å²) in [6.07, 6.45) is -2.56. The Kier molecular flexibility index (Phi) is 2.99. The van der Waals surface area contributed by atoms with Gasteiger partial charge in [-0.1, -0.05) is 12.8 Å². The third-order valence-corrected chi connectivity index (χ3v) is 6.59. The van der Waals surface area contributed by atoms with Crippen molar-refractivity contribution in [2.45, 2.75) is 62.5 Å². The van der Waals surface area contributed by atoms with Crippen LogP contribution in [0.3, 0.4) is 0 Å². The van der Waals surface area contributed by atoms with E-state index < -0.39 is 36.3 Å². The van der Waals surface area contributed by atoms with E-state index in [2.05, 4.69) is 0 Å². The zero-order chi connectivity index (χ0) is 15.9. The zero-order valence-electron chi connectivity index (χ0n) is 12.0. The number of alkyl halides is 5. The van der Waals surface area contributed by atoms with E-state index in [1.165, 1.54) is 0 Å². The molecule has 0 radical (unpaired) electrons. The van der Waals surface area contributed by atoms with Crippen molar-refractivity contribution >= 4 is 0 Å². The Hall–Kier alpha value is -0.430. The molecule has 3 aliphatic carbocycles. The van der Waals surface area contributed by atoms with E-state index in [1.807, 2.05) is 0 Å². The molecule has 3 saturated carbocycles. The lowest BCUT2D eigenvalue weighted by Gasteiger charge is -2.51. The predicted molar refractivity (Wildman–Crippen MR) is 66.0 cm³/mol. The van der Waals surface area contributed by atoms with Gasteiger partial charge in [0.15, 0.2) is 0 Å². The molecule has 7 unspecified atom stereocenters. The van der Waals surface area contributed by atoms with Crippen molar-refractivity contribution in [1.29, 1.82) is 0 Å². The first-order chi connectivity index (χ1) is 10.2. The third-order valence-electron chi connectivity index (χ3n) is 6.59. The molecule has 0 spiro atoms. The lowest BCUT2D eigenvalue weighted by molar-refractivity contribution is -0.464. The minimum Gasteiger partial charge on any atom is -0.354 e. The van der Waals surface area contributed by atoms with Crippen LogP contribution in [0.2, 0.25) is 0 Å². The highest BCUT2D eigenvalue weighted by atomic mass is 19.4. The van der Waals surface area contributed by atoms with E-state index in [9.17, 15) is 27.1 Å². The van der Waals surface area contributed by atoms with Crippen LogP contribution >= 0.6 is 0 Å².